The highest BCUT2D eigenvalue weighted by Crippen LogP contribution is 2.61. The van der Waals surface area contributed by atoms with Crippen LogP contribution in [0, 0.1) is 13.8 Å². The van der Waals surface area contributed by atoms with E-state index in [-0.39, 0.29) is 5.66 Å². The third-order valence-electron chi connectivity index (χ3n) is 3.77. The van der Waals surface area contributed by atoms with Crippen LogP contribution in [-0.4, -0.2) is 36.8 Å². The lowest BCUT2D eigenvalue weighted by Gasteiger charge is -2.29. The third-order valence-corrected chi connectivity index (χ3v) is 8.89. The van der Waals surface area contributed by atoms with Gasteiger partial charge in [-0.1, -0.05) is 0 Å². The molecule has 144 valence electrons. The zero-order chi connectivity index (χ0) is 19.2. The van der Waals surface area contributed by atoms with Crippen molar-refractivity contribution in [2.45, 2.75) is 33.4 Å². The number of anilines is 2. The fourth-order valence-electron chi connectivity index (χ4n) is 2.55. The molecule has 0 bridgehead atoms. The van der Waals surface area contributed by atoms with Crippen LogP contribution in [0.4, 0.5) is 10.7 Å². The van der Waals surface area contributed by atoms with Crippen LogP contribution < -0.4 is 10.6 Å². The molecule has 1 atom stereocenters. The zero-order valence-electron chi connectivity index (χ0n) is 15.9. The lowest BCUT2D eigenvalue weighted by Crippen LogP contribution is -2.17. The maximum absolute atomic E-state index is 5.96. The Kier molecular flexibility index (Phi) is 7.98. The van der Waals surface area contributed by atoms with Gasteiger partial charge in [0, 0.05) is 19.3 Å². The molecule has 0 amide bonds. The molecule has 1 unspecified atom stereocenters. The number of hydrogen-bond acceptors (Lipinski definition) is 8. The van der Waals surface area contributed by atoms with Gasteiger partial charge in [-0.25, -0.2) is 4.98 Å². The van der Waals surface area contributed by atoms with E-state index in [0.29, 0.717) is 19.8 Å². The van der Waals surface area contributed by atoms with E-state index in [4.69, 9.17) is 20.9 Å². The maximum atomic E-state index is 5.96. The number of nitrogens with one attached hydrogen (secondary N) is 2. The molecule has 2 heterocycles. The van der Waals surface area contributed by atoms with Crippen LogP contribution in [0.2, 0.25) is 0 Å². The Labute approximate surface area is 164 Å². The first-order chi connectivity index (χ1) is 12.4. The lowest BCUT2D eigenvalue weighted by molar-refractivity contribution is 0.260. The normalized spacial score (nSPS) is 12.8. The summed E-state index contributed by atoms with van der Waals surface area (Å²) in [6.45, 7) is 6.94. The van der Waals surface area contributed by atoms with Crippen molar-refractivity contribution in [1.29, 1.82) is 0 Å². The molecule has 0 aliphatic carbocycles. The van der Waals surface area contributed by atoms with Gasteiger partial charge in [0.25, 0.3) is 0 Å². The molecular weight excluding hydrogens is 387 g/mol. The van der Waals surface area contributed by atoms with E-state index in [1.54, 1.807) is 11.3 Å². The van der Waals surface area contributed by atoms with Crippen LogP contribution >= 0.6 is 17.8 Å². The molecule has 0 saturated carbocycles. The zero-order valence-corrected chi connectivity index (χ0v) is 18.4. The van der Waals surface area contributed by atoms with Crippen molar-refractivity contribution < 1.29 is 9.05 Å². The molecule has 0 aromatic carbocycles. The number of nitrogens with zero attached hydrogens (tertiary/aromatic N) is 2. The molecule has 0 saturated heterocycles. The SMILES string of the molecule is CCOP(=S)(OCC)C(CNc1ccc(C)nc1C)c1ncc(NC)s1. The van der Waals surface area contributed by atoms with Gasteiger partial charge in [0.1, 0.15) is 15.7 Å². The van der Waals surface area contributed by atoms with E-state index in [2.05, 4.69) is 20.6 Å². The molecule has 6 nitrogen and oxygen atoms in total. The van der Waals surface area contributed by atoms with Crippen LogP contribution in [0.5, 0.6) is 0 Å². The minimum absolute atomic E-state index is 0.134. The van der Waals surface area contributed by atoms with E-state index in [9.17, 15) is 0 Å². The van der Waals surface area contributed by atoms with E-state index in [1.165, 1.54) is 0 Å². The first-order valence-electron chi connectivity index (χ1n) is 8.63. The Morgan fingerprint density at radius 2 is 1.92 bits per heavy atom. The van der Waals surface area contributed by atoms with Crippen LogP contribution in [0.25, 0.3) is 0 Å². The van der Waals surface area contributed by atoms with Crippen molar-refractivity contribution in [2.75, 3.05) is 37.4 Å². The van der Waals surface area contributed by atoms with Gasteiger partial charge in [-0.2, -0.15) is 0 Å². The number of thiazole rings is 1. The van der Waals surface area contributed by atoms with E-state index < -0.39 is 6.49 Å². The number of rotatable bonds is 10. The second-order valence-corrected chi connectivity index (χ2v) is 10.5. The molecule has 2 aromatic rings. The summed E-state index contributed by atoms with van der Waals surface area (Å²) in [5, 5.41) is 8.52. The quantitative estimate of drug-likeness (QED) is 0.545. The molecule has 9 heteroatoms. The highest BCUT2D eigenvalue weighted by molar-refractivity contribution is 8.10. The summed E-state index contributed by atoms with van der Waals surface area (Å²) in [4.78, 5) is 9.08. The Morgan fingerprint density at radius 1 is 1.23 bits per heavy atom. The first-order valence-corrected chi connectivity index (χ1v) is 12.2. The van der Waals surface area contributed by atoms with Crippen molar-refractivity contribution in [3.05, 3.63) is 34.7 Å². The second-order valence-electron chi connectivity index (χ2n) is 5.67. The monoisotopic (exact) mass is 414 g/mol. The van der Waals surface area contributed by atoms with Crippen molar-refractivity contribution in [3.63, 3.8) is 0 Å². The Balaban J connectivity index is 2.31. The first kappa shape index (κ1) is 21.3. The molecule has 0 fully saturated rings. The number of aromatic nitrogens is 2. The van der Waals surface area contributed by atoms with Crippen molar-refractivity contribution in [1.82, 2.24) is 9.97 Å². The average molecular weight is 415 g/mol. The Morgan fingerprint density at radius 3 is 2.46 bits per heavy atom. The van der Waals surface area contributed by atoms with Crippen LogP contribution in [0.15, 0.2) is 18.3 Å². The van der Waals surface area contributed by atoms with Crippen LogP contribution in [-0.2, 0) is 20.9 Å². The lowest BCUT2D eigenvalue weighted by atomic mass is 10.2. The van der Waals surface area contributed by atoms with Gasteiger partial charge in [-0.05, 0) is 51.6 Å². The van der Waals surface area contributed by atoms with E-state index in [0.717, 1.165) is 27.1 Å². The topological polar surface area (TPSA) is 68.3 Å². The molecule has 0 radical (unpaired) electrons. The number of hydrogen-bond donors (Lipinski definition) is 2. The van der Waals surface area contributed by atoms with Gasteiger partial charge in [-0.15, -0.1) is 11.3 Å². The Hall–Kier alpha value is -1.05. The molecule has 26 heavy (non-hydrogen) atoms. The van der Waals surface area contributed by atoms with Gasteiger partial charge in [0.05, 0.1) is 30.8 Å². The van der Waals surface area contributed by atoms with Gasteiger partial charge in [0.2, 0.25) is 0 Å². The molecule has 2 aromatic heterocycles. The average Bonchev–Trinajstić information content (AvgIpc) is 3.06. The van der Waals surface area contributed by atoms with Crippen molar-refractivity contribution >= 4 is 40.3 Å². The smallest absolute Gasteiger partial charge is 0.200 e. The number of pyridine rings is 1. The summed E-state index contributed by atoms with van der Waals surface area (Å²) in [5.74, 6) is 0. The van der Waals surface area contributed by atoms with Gasteiger partial charge in [-0.3, -0.25) is 4.98 Å². The summed E-state index contributed by atoms with van der Waals surface area (Å²) in [5.41, 5.74) is 2.81. The minimum Gasteiger partial charge on any atom is -0.382 e. The van der Waals surface area contributed by atoms with Crippen LogP contribution in [0.1, 0.15) is 35.9 Å². The minimum atomic E-state index is -2.54. The van der Waals surface area contributed by atoms with E-state index >= 15 is 0 Å². The molecule has 0 aliphatic heterocycles. The summed E-state index contributed by atoms with van der Waals surface area (Å²) in [7, 11) is 1.88. The molecule has 0 aliphatic rings. The highest BCUT2D eigenvalue weighted by Gasteiger charge is 2.34. The van der Waals surface area contributed by atoms with Crippen molar-refractivity contribution in [3.8, 4) is 0 Å². The fourth-order valence-corrected chi connectivity index (χ4v) is 7.04. The second kappa shape index (κ2) is 9.76. The predicted molar refractivity (Wildman–Crippen MR) is 114 cm³/mol. The van der Waals surface area contributed by atoms with Gasteiger partial charge >= 0.3 is 0 Å². The molecule has 2 N–H and O–H groups in total. The van der Waals surface area contributed by atoms with Gasteiger partial charge < -0.3 is 19.7 Å². The largest absolute Gasteiger partial charge is 0.382 e. The summed E-state index contributed by atoms with van der Waals surface area (Å²) < 4.78 is 11.9. The predicted octanol–water partition coefficient (Wildman–Crippen LogP) is 4.73. The summed E-state index contributed by atoms with van der Waals surface area (Å²) >= 11 is 7.46. The van der Waals surface area contributed by atoms with Gasteiger partial charge in [0.15, 0.2) is 6.49 Å². The number of aryl methyl sites for hydroxylation is 2. The van der Waals surface area contributed by atoms with Crippen LogP contribution in [0.3, 0.4) is 0 Å². The van der Waals surface area contributed by atoms with E-state index in [1.807, 2.05) is 53.1 Å². The fraction of sp³-hybridized carbons (Fsp3) is 0.529. The standard InChI is InChI=1S/C17H27N4O2PS2/c1-6-22-24(25,23-7-2)15(17-20-11-16(18-5)26-17)10-19-14-9-8-12(3)21-13(14)4/h8-9,11,15,18-19H,6-7,10H2,1-5H3. The molecule has 2 rings (SSSR count). The highest BCUT2D eigenvalue weighted by atomic mass is 32.5. The van der Waals surface area contributed by atoms with Crippen molar-refractivity contribution in [2.24, 2.45) is 0 Å². The summed E-state index contributed by atoms with van der Waals surface area (Å²) in [6, 6.07) is 4.04. The maximum Gasteiger partial charge on any atom is 0.200 e. The molecule has 0 spiro atoms. The Bertz CT molecular complexity index is 759. The third kappa shape index (κ3) is 5.24. The molecular formula is C17H27N4O2PS2. The summed E-state index contributed by atoms with van der Waals surface area (Å²) in [6.07, 6.45) is 1.82.